The van der Waals surface area contributed by atoms with Crippen LogP contribution in [0.15, 0.2) is 0 Å². The van der Waals surface area contributed by atoms with Crippen molar-refractivity contribution in [3.05, 3.63) is 0 Å². The van der Waals surface area contributed by atoms with Gasteiger partial charge < -0.3 is 10.6 Å². The topological polar surface area (TPSA) is 32.5 Å². The van der Waals surface area contributed by atoms with Gasteiger partial charge in [-0.05, 0) is 46.4 Å². The van der Waals surface area contributed by atoms with E-state index in [-0.39, 0.29) is 5.54 Å². The van der Waals surface area contributed by atoms with Gasteiger partial charge in [0, 0.05) is 18.6 Å². The van der Waals surface area contributed by atoms with Crippen molar-refractivity contribution in [3.63, 3.8) is 0 Å². The number of nitrogens with two attached hydrogens (primary N) is 1. The van der Waals surface area contributed by atoms with Crippen molar-refractivity contribution in [2.45, 2.75) is 38.1 Å². The van der Waals surface area contributed by atoms with Crippen LogP contribution >= 0.6 is 0 Å². The molecule has 0 aromatic carbocycles. The van der Waals surface area contributed by atoms with Crippen LogP contribution in [0, 0.1) is 0 Å². The standard InChI is InChI=1S/C12H27N3/c1-4-5-9-15(3)12(10-13)7-6-8-14(2)11-12/h4-11,13H2,1-3H3. The number of nitrogens with zero attached hydrogens (tertiary/aromatic N) is 2. The van der Waals surface area contributed by atoms with E-state index in [4.69, 9.17) is 5.73 Å². The third kappa shape index (κ3) is 3.16. The highest BCUT2D eigenvalue weighted by molar-refractivity contribution is 4.95. The first-order valence-electron chi connectivity index (χ1n) is 6.24. The number of unbranched alkanes of at least 4 members (excludes halogenated alkanes) is 1. The zero-order valence-corrected chi connectivity index (χ0v) is 10.6. The van der Waals surface area contributed by atoms with Gasteiger partial charge in [-0.25, -0.2) is 0 Å². The predicted molar refractivity (Wildman–Crippen MR) is 66.1 cm³/mol. The van der Waals surface area contributed by atoms with Crippen LogP contribution in [0.25, 0.3) is 0 Å². The van der Waals surface area contributed by atoms with Gasteiger partial charge in [0.05, 0.1) is 0 Å². The molecule has 0 aliphatic carbocycles. The molecular formula is C12H27N3. The number of likely N-dealkylation sites (tertiary alicyclic amines) is 1. The summed E-state index contributed by atoms with van der Waals surface area (Å²) in [5.41, 5.74) is 6.24. The molecule has 3 nitrogen and oxygen atoms in total. The van der Waals surface area contributed by atoms with E-state index in [0.29, 0.717) is 0 Å². The molecular weight excluding hydrogens is 186 g/mol. The predicted octanol–water partition coefficient (Wildman–Crippen LogP) is 1.14. The Labute approximate surface area is 94.6 Å². The molecule has 0 bridgehead atoms. The lowest BCUT2D eigenvalue weighted by Gasteiger charge is -2.47. The second-order valence-corrected chi connectivity index (χ2v) is 5.04. The highest BCUT2D eigenvalue weighted by Gasteiger charge is 2.36. The van der Waals surface area contributed by atoms with E-state index in [1.165, 1.54) is 38.8 Å². The number of hydrogen-bond acceptors (Lipinski definition) is 3. The molecule has 90 valence electrons. The molecule has 15 heavy (non-hydrogen) atoms. The first-order chi connectivity index (χ1) is 7.14. The molecule has 0 radical (unpaired) electrons. The highest BCUT2D eigenvalue weighted by atomic mass is 15.2. The van der Waals surface area contributed by atoms with Gasteiger partial charge in [-0.15, -0.1) is 0 Å². The number of rotatable bonds is 5. The van der Waals surface area contributed by atoms with Crippen LogP contribution in [0.2, 0.25) is 0 Å². The monoisotopic (exact) mass is 213 g/mol. The van der Waals surface area contributed by atoms with Crippen LogP contribution in [0.4, 0.5) is 0 Å². The molecule has 0 spiro atoms. The second-order valence-electron chi connectivity index (χ2n) is 5.04. The summed E-state index contributed by atoms with van der Waals surface area (Å²) in [5, 5.41) is 0. The lowest BCUT2D eigenvalue weighted by Crippen LogP contribution is -2.60. The lowest BCUT2D eigenvalue weighted by atomic mass is 9.87. The number of piperidine rings is 1. The molecule has 1 rings (SSSR count). The van der Waals surface area contributed by atoms with Crippen molar-refractivity contribution in [1.29, 1.82) is 0 Å². The molecule has 3 heteroatoms. The van der Waals surface area contributed by atoms with Crippen LogP contribution in [-0.2, 0) is 0 Å². The van der Waals surface area contributed by atoms with E-state index in [0.717, 1.165) is 13.1 Å². The molecule has 1 aliphatic heterocycles. The SMILES string of the molecule is CCCCN(C)C1(CN)CCCN(C)C1. The molecule has 0 aromatic rings. The Morgan fingerprint density at radius 2 is 2.20 bits per heavy atom. The summed E-state index contributed by atoms with van der Waals surface area (Å²) in [6.07, 6.45) is 5.08. The van der Waals surface area contributed by atoms with Gasteiger partial charge in [-0.3, -0.25) is 4.90 Å². The minimum atomic E-state index is 0.238. The molecule has 1 saturated heterocycles. The Hall–Kier alpha value is -0.120. The number of hydrogen-bond donors (Lipinski definition) is 1. The fraction of sp³-hybridized carbons (Fsp3) is 1.00. The van der Waals surface area contributed by atoms with E-state index >= 15 is 0 Å². The minimum absolute atomic E-state index is 0.238. The summed E-state index contributed by atoms with van der Waals surface area (Å²) in [6.45, 7) is 6.57. The summed E-state index contributed by atoms with van der Waals surface area (Å²) in [4.78, 5) is 4.91. The van der Waals surface area contributed by atoms with E-state index in [9.17, 15) is 0 Å². The Balaban J connectivity index is 2.57. The van der Waals surface area contributed by atoms with Gasteiger partial charge in [0.2, 0.25) is 0 Å². The van der Waals surface area contributed by atoms with Gasteiger partial charge in [-0.1, -0.05) is 13.3 Å². The molecule has 0 amide bonds. The van der Waals surface area contributed by atoms with Crippen molar-refractivity contribution < 1.29 is 0 Å². The van der Waals surface area contributed by atoms with E-state index in [2.05, 4.69) is 30.8 Å². The minimum Gasteiger partial charge on any atom is -0.329 e. The summed E-state index contributed by atoms with van der Waals surface area (Å²) in [6, 6.07) is 0. The quantitative estimate of drug-likeness (QED) is 0.743. The highest BCUT2D eigenvalue weighted by Crippen LogP contribution is 2.25. The van der Waals surface area contributed by atoms with Gasteiger partial charge in [0.1, 0.15) is 0 Å². The average Bonchev–Trinajstić information content (AvgIpc) is 2.25. The molecule has 1 heterocycles. The Morgan fingerprint density at radius 3 is 2.73 bits per heavy atom. The van der Waals surface area contributed by atoms with Crippen LogP contribution in [0.3, 0.4) is 0 Å². The van der Waals surface area contributed by atoms with Crippen LogP contribution in [-0.4, -0.2) is 55.6 Å². The Morgan fingerprint density at radius 1 is 1.47 bits per heavy atom. The first kappa shape index (κ1) is 12.9. The maximum atomic E-state index is 6.00. The largest absolute Gasteiger partial charge is 0.329 e. The molecule has 1 aliphatic rings. The molecule has 0 aromatic heterocycles. The van der Waals surface area contributed by atoms with Gasteiger partial charge in [0.25, 0.3) is 0 Å². The van der Waals surface area contributed by atoms with Gasteiger partial charge >= 0.3 is 0 Å². The summed E-state index contributed by atoms with van der Waals surface area (Å²) in [5.74, 6) is 0. The maximum Gasteiger partial charge on any atom is 0.0455 e. The van der Waals surface area contributed by atoms with E-state index in [1.54, 1.807) is 0 Å². The lowest BCUT2D eigenvalue weighted by molar-refractivity contribution is 0.0442. The zero-order chi connectivity index (χ0) is 11.3. The first-order valence-corrected chi connectivity index (χ1v) is 6.24. The average molecular weight is 213 g/mol. The molecule has 0 saturated carbocycles. The van der Waals surface area contributed by atoms with Crippen LogP contribution in [0.1, 0.15) is 32.6 Å². The fourth-order valence-electron chi connectivity index (χ4n) is 2.61. The van der Waals surface area contributed by atoms with Gasteiger partial charge in [0.15, 0.2) is 0 Å². The van der Waals surface area contributed by atoms with Crippen molar-refractivity contribution in [2.24, 2.45) is 5.73 Å². The Kier molecular flexibility index (Phi) is 5.03. The number of likely N-dealkylation sites (N-methyl/N-ethyl adjacent to an activating group) is 2. The third-order valence-corrected chi connectivity index (χ3v) is 3.78. The van der Waals surface area contributed by atoms with Crippen molar-refractivity contribution in [1.82, 2.24) is 9.80 Å². The van der Waals surface area contributed by atoms with E-state index < -0.39 is 0 Å². The zero-order valence-electron chi connectivity index (χ0n) is 10.6. The summed E-state index contributed by atoms with van der Waals surface area (Å²) in [7, 11) is 4.44. The van der Waals surface area contributed by atoms with Crippen LogP contribution < -0.4 is 5.73 Å². The van der Waals surface area contributed by atoms with Crippen LogP contribution in [0.5, 0.6) is 0 Å². The van der Waals surface area contributed by atoms with E-state index in [1.807, 2.05) is 0 Å². The molecule has 2 N–H and O–H groups in total. The summed E-state index contributed by atoms with van der Waals surface area (Å²) >= 11 is 0. The van der Waals surface area contributed by atoms with Crippen molar-refractivity contribution in [3.8, 4) is 0 Å². The molecule has 1 fully saturated rings. The fourth-order valence-corrected chi connectivity index (χ4v) is 2.61. The Bertz CT molecular complexity index is 184. The maximum absolute atomic E-state index is 6.00. The van der Waals surface area contributed by atoms with Gasteiger partial charge in [-0.2, -0.15) is 0 Å². The van der Waals surface area contributed by atoms with Crippen molar-refractivity contribution >= 4 is 0 Å². The molecule has 1 unspecified atom stereocenters. The second kappa shape index (κ2) is 5.83. The summed E-state index contributed by atoms with van der Waals surface area (Å²) < 4.78 is 0. The smallest absolute Gasteiger partial charge is 0.0455 e. The third-order valence-electron chi connectivity index (χ3n) is 3.78. The molecule has 1 atom stereocenters. The normalized spacial score (nSPS) is 28.6. The van der Waals surface area contributed by atoms with Crippen molar-refractivity contribution in [2.75, 3.05) is 40.3 Å².